The topological polar surface area (TPSA) is 75.4 Å². The third-order valence-corrected chi connectivity index (χ3v) is 4.38. The molecule has 0 aliphatic rings. The van der Waals surface area contributed by atoms with Crippen LogP contribution in [0.1, 0.15) is 24.2 Å². The second-order valence-electron chi connectivity index (χ2n) is 5.98. The molecular formula is C19H16F3N3O3. The Labute approximate surface area is 157 Å². The summed E-state index contributed by atoms with van der Waals surface area (Å²) in [6, 6.07) is 3.58. The van der Waals surface area contributed by atoms with Gasteiger partial charge in [0.2, 0.25) is 5.43 Å². The fourth-order valence-electron chi connectivity index (χ4n) is 2.97. The zero-order valence-corrected chi connectivity index (χ0v) is 15.0. The van der Waals surface area contributed by atoms with Gasteiger partial charge >= 0.3 is 5.97 Å². The van der Waals surface area contributed by atoms with Crippen LogP contribution in [0.4, 0.5) is 19.0 Å². The van der Waals surface area contributed by atoms with E-state index in [2.05, 4.69) is 4.98 Å². The number of carboxylic acids is 1. The van der Waals surface area contributed by atoms with Gasteiger partial charge in [0.05, 0.1) is 11.1 Å². The predicted octanol–water partition coefficient (Wildman–Crippen LogP) is 3.35. The van der Waals surface area contributed by atoms with Gasteiger partial charge in [0.15, 0.2) is 17.3 Å². The molecule has 0 unspecified atom stereocenters. The van der Waals surface area contributed by atoms with Crippen molar-refractivity contribution in [3.63, 3.8) is 0 Å². The van der Waals surface area contributed by atoms with E-state index in [1.165, 1.54) is 0 Å². The maximum Gasteiger partial charge on any atom is 0.341 e. The van der Waals surface area contributed by atoms with Crippen molar-refractivity contribution in [2.45, 2.75) is 13.8 Å². The minimum absolute atomic E-state index is 0.0590. The van der Waals surface area contributed by atoms with Crippen LogP contribution in [0.3, 0.4) is 0 Å². The van der Waals surface area contributed by atoms with Gasteiger partial charge in [-0.2, -0.15) is 0 Å². The normalized spacial score (nSPS) is 11.0. The van der Waals surface area contributed by atoms with E-state index in [9.17, 15) is 27.9 Å². The number of pyridine rings is 2. The summed E-state index contributed by atoms with van der Waals surface area (Å²) in [6.45, 7) is 4.42. The van der Waals surface area contributed by atoms with E-state index in [4.69, 9.17) is 0 Å². The number of anilines is 1. The van der Waals surface area contributed by atoms with E-state index in [0.717, 1.165) is 29.0 Å². The first-order valence-corrected chi connectivity index (χ1v) is 8.48. The second-order valence-corrected chi connectivity index (χ2v) is 5.98. The smallest absolute Gasteiger partial charge is 0.341 e. The first-order chi connectivity index (χ1) is 13.3. The van der Waals surface area contributed by atoms with Gasteiger partial charge in [-0.15, -0.1) is 0 Å². The van der Waals surface area contributed by atoms with Gasteiger partial charge in [0.1, 0.15) is 17.2 Å². The first kappa shape index (κ1) is 19.4. The summed E-state index contributed by atoms with van der Waals surface area (Å²) in [6.07, 6.45) is 0.903. The zero-order valence-electron chi connectivity index (χ0n) is 15.0. The molecule has 0 spiro atoms. The third-order valence-electron chi connectivity index (χ3n) is 4.38. The van der Waals surface area contributed by atoms with E-state index < -0.39 is 34.4 Å². The summed E-state index contributed by atoms with van der Waals surface area (Å²) in [7, 11) is 0. The van der Waals surface area contributed by atoms with Crippen LogP contribution in [0.2, 0.25) is 0 Å². The monoisotopic (exact) mass is 391 g/mol. The highest BCUT2D eigenvalue weighted by atomic mass is 19.1. The van der Waals surface area contributed by atoms with Crippen LogP contribution in [-0.2, 0) is 0 Å². The number of aromatic carboxylic acids is 1. The van der Waals surface area contributed by atoms with Crippen molar-refractivity contribution >= 4 is 22.8 Å². The van der Waals surface area contributed by atoms with Crippen LogP contribution < -0.4 is 10.3 Å². The molecule has 2 aromatic heterocycles. The molecule has 0 aliphatic carbocycles. The average molecular weight is 391 g/mol. The Bertz CT molecular complexity index is 1140. The van der Waals surface area contributed by atoms with E-state index in [1.807, 2.05) is 0 Å². The summed E-state index contributed by atoms with van der Waals surface area (Å²) in [5.41, 5.74) is -1.99. The highest BCUT2D eigenvalue weighted by Gasteiger charge is 2.21. The van der Waals surface area contributed by atoms with Gasteiger partial charge in [-0.3, -0.25) is 9.36 Å². The Kier molecular flexibility index (Phi) is 5.08. The van der Waals surface area contributed by atoms with Crippen LogP contribution in [-0.4, -0.2) is 33.7 Å². The van der Waals surface area contributed by atoms with Crippen molar-refractivity contribution in [3.05, 3.63) is 63.7 Å². The molecule has 3 aromatic rings. The molecule has 0 amide bonds. The molecule has 9 heteroatoms. The van der Waals surface area contributed by atoms with Gasteiger partial charge in [-0.05, 0) is 32.0 Å². The van der Waals surface area contributed by atoms with Gasteiger partial charge in [0.25, 0.3) is 0 Å². The Morgan fingerprint density at radius 1 is 1.14 bits per heavy atom. The number of halogens is 3. The minimum Gasteiger partial charge on any atom is -0.477 e. The molecule has 2 heterocycles. The quantitative estimate of drug-likeness (QED) is 0.722. The highest BCUT2D eigenvalue weighted by molar-refractivity contribution is 5.92. The molecule has 1 N–H and O–H groups in total. The summed E-state index contributed by atoms with van der Waals surface area (Å²) in [4.78, 5) is 29.7. The lowest BCUT2D eigenvalue weighted by Crippen LogP contribution is -2.26. The molecule has 0 aliphatic heterocycles. The molecule has 0 radical (unpaired) electrons. The van der Waals surface area contributed by atoms with Crippen molar-refractivity contribution in [3.8, 4) is 5.69 Å². The van der Waals surface area contributed by atoms with E-state index in [1.54, 1.807) is 18.7 Å². The minimum atomic E-state index is -1.56. The standard InChI is InChI=1S/C19H16F3N3O3/c1-3-24(4-2)18-14(22)8-11-16(26)12(19(27)28)9-25(17(11)23-18)15-6-5-10(20)7-13(15)21/h5-9H,3-4H2,1-2H3,(H,27,28). The van der Waals surface area contributed by atoms with Gasteiger partial charge in [0, 0.05) is 25.4 Å². The maximum absolute atomic E-state index is 14.6. The predicted molar refractivity (Wildman–Crippen MR) is 97.7 cm³/mol. The van der Waals surface area contributed by atoms with E-state index in [-0.39, 0.29) is 22.5 Å². The van der Waals surface area contributed by atoms with Crippen LogP contribution in [0.15, 0.2) is 35.3 Å². The first-order valence-electron chi connectivity index (χ1n) is 8.48. The maximum atomic E-state index is 14.6. The molecule has 0 saturated heterocycles. The zero-order chi connectivity index (χ0) is 20.6. The van der Waals surface area contributed by atoms with Gasteiger partial charge in [-0.25, -0.2) is 22.9 Å². The van der Waals surface area contributed by atoms with Crippen LogP contribution in [0.25, 0.3) is 16.7 Å². The fourth-order valence-corrected chi connectivity index (χ4v) is 2.97. The lowest BCUT2D eigenvalue weighted by Gasteiger charge is -2.21. The highest BCUT2D eigenvalue weighted by Crippen LogP contribution is 2.25. The number of carboxylic acid groups (broad SMARTS) is 1. The largest absolute Gasteiger partial charge is 0.477 e. The lowest BCUT2D eigenvalue weighted by molar-refractivity contribution is 0.0695. The molecule has 6 nitrogen and oxygen atoms in total. The molecule has 146 valence electrons. The van der Waals surface area contributed by atoms with Crippen molar-refractivity contribution in [1.82, 2.24) is 9.55 Å². The molecule has 0 saturated carbocycles. The summed E-state index contributed by atoms with van der Waals surface area (Å²) in [5, 5.41) is 8.99. The van der Waals surface area contributed by atoms with Gasteiger partial charge < -0.3 is 10.0 Å². The molecule has 0 fully saturated rings. The molecule has 28 heavy (non-hydrogen) atoms. The molecule has 3 rings (SSSR count). The molecular weight excluding hydrogens is 375 g/mol. The third kappa shape index (κ3) is 3.19. The molecule has 1 aromatic carbocycles. The number of fused-ring (bicyclic) bond motifs is 1. The molecule has 0 atom stereocenters. The Balaban J connectivity index is 2.46. The van der Waals surface area contributed by atoms with Gasteiger partial charge in [-0.1, -0.05) is 0 Å². The number of benzene rings is 1. The van der Waals surface area contributed by atoms with Crippen LogP contribution in [0.5, 0.6) is 0 Å². The van der Waals surface area contributed by atoms with Crippen LogP contribution in [0, 0.1) is 17.5 Å². The second kappa shape index (κ2) is 7.34. The number of nitrogens with zero attached hydrogens (tertiary/aromatic N) is 3. The average Bonchev–Trinajstić information content (AvgIpc) is 2.64. The number of hydrogen-bond acceptors (Lipinski definition) is 4. The Morgan fingerprint density at radius 3 is 2.39 bits per heavy atom. The number of carbonyl (C=O) groups is 1. The summed E-state index contributed by atoms with van der Waals surface area (Å²) in [5.74, 6) is -4.24. The van der Waals surface area contributed by atoms with E-state index >= 15 is 0 Å². The van der Waals surface area contributed by atoms with Crippen molar-refractivity contribution in [2.24, 2.45) is 0 Å². The Hall–Kier alpha value is -3.36. The summed E-state index contributed by atoms with van der Waals surface area (Å²) >= 11 is 0. The van der Waals surface area contributed by atoms with E-state index in [0.29, 0.717) is 19.2 Å². The lowest BCUT2D eigenvalue weighted by atomic mass is 10.1. The number of rotatable bonds is 5. The Morgan fingerprint density at radius 2 is 1.82 bits per heavy atom. The number of aromatic nitrogens is 2. The molecule has 0 bridgehead atoms. The summed E-state index contributed by atoms with van der Waals surface area (Å²) < 4.78 is 43.3. The van der Waals surface area contributed by atoms with Crippen molar-refractivity contribution < 1.29 is 23.1 Å². The number of hydrogen-bond donors (Lipinski definition) is 1. The van der Waals surface area contributed by atoms with Crippen molar-refractivity contribution in [1.29, 1.82) is 0 Å². The SMILES string of the molecule is CCN(CC)c1nc2c(cc1F)c(=O)c(C(=O)O)cn2-c1ccc(F)cc1F. The van der Waals surface area contributed by atoms with Crippen molar-refractivity contribution in [2.75, 3.05) is 18.0 Å². The van der Waals surface area contributed by atoms with Crippen LogP contribution >= 0.6 is 0 Å². The fraction of sp³-hybridized carbons (Fsp3) is 0.211.